The molecule has 1 N–H and O–H groups in total. The van der Waals surface area contributed by atoms with Crippen LogP contribution in [0.1, 0.15) is 19.3 Å². The molecule has 0 spiro atoms. The Labute approximate surface area is 95.0 Å². The van der Waals surface area contributed by atoms with Crippen LogP contribution in [0.2, 0.25) is 0 Å². The minimum Gasteiger partial charge on any atom is -0.363 e. The first kappa shape index (κ1) is 11.1. The molecule has 0 unspecified atom stereocenters. The van der Waals surface area contributed by atoms with Crippen molar-refractivity contribution in [2.45, 2.75) is 19.3 Å². The lowest BCUT2D eigenvalue weighted by Gasteiger charge is -2.36. The van der Waals surface area contributed by atoms with Crippen LogP contribution in [0.3, 0.4) is 0 Å². The number of quaternary nitrogens is 1. The molecule has 1 amide bonds. The molecule has 0 aliphatic carbocycles. The Hall–Kier alpha value is -1.36. The molecule has 2 rings (SSSR count). The molecular weight excluding hydrogens is 206 g/mol. The van der Waals surface area contributed by atoms with Gasteiger partial charge in [0.05, 0.1) is 20.1 Å². The molecule has 0 aromatic carbocycles. The van der Waals surface area contributed by atoms with Crippen LogP contribution in [-0.4, -0.2) is 42.2 Å². The number of hydrogen-bond acceptors (Lipinski definition) is 3. The third-order valence-corrected chi connectivity index (χ3v) is 3.13. The number of likely N-dealkylation sites (N-methyl/N-ethyl adjacent to an activating group) is 1. The number of piperidine rings is 1. The number of amides is 1. The number of rotatable bonds is 3. The Balaban J connectivity index is 1.86. The van der Waals surface area contributed by atoms with Crippen molar-refractivity contribution >= 4 is 11.7 Å². The van der Waals surface area contributed by atoms with E-state index in [4.69, 9.17) is 0 Å². The number of anilines is 1. The van der Waals surface area contributed by atoms with Gasteiger partial charge in [0.2, 0.25) is 0 Å². The minimum atomic E-state index is 0.0123. The summed E-state index contributed by atoms with van der Waals surface area (Å²) in [6.07, 6.45) is 5.17. The Bertz CT molecular complexity index is 342. The number of carbonyl (C=O) groups is 1. The minimum absolute atomic E-state index is 0.0123. The van der Waals surface area contributed by atoms with Gasteiger partial charge in [-0.25, -0.2) is 0 Å². The van der Waals surface area contributed by atoms with Crippen LogP contribution in [0.4, 0.5) is 5.82 Å². The van der Waals surface area contributed by atoms with Gasteiger partial charge in [0.25, 0.3) is 5.91 Å². The molecule has 2 heterocycles. The summed E-state index contributed by atoms with van der Waals surface area (Å²) in [5.74, 6) is 0.506. The van der Waals surface area contributed by atoms with Crippen LogP contribution >= 0.6 is 0 Å². The molecule has 16 heavy (non-hydrogen) atoms. The van der Waals surface area contributed by atoms with Crippen LogP contribution in [0.25, 0.3) is 0 Å². The average molecular weight is 224 g/mol. The van der Waals surface area contributed by atoms with Crippen LogP contribution < -0.4 is 5.32 Å². The van der Waals surface area contributed by atoms with Crippen molar-refractivity contribution in [2.75, 3.05) is 32.0 Å². The molecule has 0 bridgehead atoms. The van der Waals surface area contributed by atoms with Crippen molar-refractivity contribution in [3.63, 3.8) is 0 Å². The molecule has 1 aliphatic heterocycles. The summed E-state index contributed by atoms with van der Waals surface area (Å²) in [4.78, 5) is 11.8. The molecule has 0 saturated carbocycles. The highest BCUT2D eigenvalue weighted by atomic mass is 16.5. The quantitative estimate of drug-likeness (QED) is 0.786. The summed E-state index contributed by atoms with van der Waals surface area (Å²) < 4.78 is 5.50. The number of aromatic nitrogens is 1. The second-order valence-electron chi connectivity index (χ2n) is 4.72. The van der Waals surface area contributed by atoms with Crippen LogP contribution in [0.15, 0.2) is 16.9 Å². The van der Waals surface area contributed by atoms with E-state index in [0.29, 0.717) is 12.4 Å². The van der Waals surface area contributed by atoms with E-state index in [2.05, 4.69) is 22.0 Å². The molecule has 1 aliphatic rings. The van der Waals surface area contributed by atoms with E-state index in [-0.39, 0.29) is 5.91 Å². The van der Waals surface area contributed by atoms with Crippen LogP contribution in [-0.2, 0) is 4.79 Å². The smallest absolute Gasteiger partial charge is 0.280 e. The summed E-state index contributed by atoms with van der Waals surface area (Å²) in [6.45, 7) is 2.70. The van der Waals surface area contributed by atoms with Gasteiger partial charge < -0.3 is 14.3 Å². The predicted molar refractivity (Wildman–Crippen MR) is 59.8 cm³/mol. The molecule has 1 fully saturated rings. The summed E-state index contributed by atoms with van der Waals surface area (Å²) in [6, 6.07) is 1.65. The third-order valence-electron chi connectivity index (χ3n) is 3.13. The van der Waals surface area contributed by atoms with E-state index < -0.39 is 0 Å². The fourth-order valence-electron chi connectivity index (χ4n) is 2.24. The van der Waals surface area contributed by atoms with E-state index in [1.807, 2.05) is 0 Å². The van der Waals surface area contributed by atoms with Gasteiger partial charge in [-0.1, -0.05) is 5.16 Å². The summed E-state index contributed by atoms with van der Waals surface area (Å²) in [5, 5.41) is 6.39. The van der Waals surface area contributed by atoms with E-state index in [1.165, 1.54) is 25.5 Å². The second kappa shape index (κ2) is 4.65. The maximum atomic E-state index is 11.8. The van der Waals surface area contributed by atoms with E-state index in [1.54, 1.807) is 6.07 Å². The maximum Gasteiger partial charge on any atom is 0.280 e. The van der Waals surface area contributed by atoms with E-state index in [0.717, 1.165) is 17.6 Å². The third kappa shape index (κ3) is 2.82. The van der Waals surface area contributed by atoms with Gasteiger partial charge in [0.1, 0.15) is 6.26 Å². The van der Waals surface area contributed by atoms with Crippen molar-refractivity contribution < 1.29 is 13.8 Å². The highest BCUT2D eigenvalue weighted by Gasteiger charge is 2.27. The normalized spacial score (nSPS) is 19.3. The average Bonchev–Trinajstić information content (AvgIpc) is 2.70. The van der Waals surface area contributed by atoms with Crippen molar-refractivity contribution in [3.8, 4) is 0 Å². The van der Waals surface area contributed by atoms with Gasteiger partial charge in [-0.2, -0.15) is 0 Å². The monoisotopic (exact) mass is 224 g/mol. The molecular formula is C11H18N3O2+. The lowest BCUT2D eigenvalue weighted by atomic mass is 10.1. The van der Waals surface area contributed by atoms with Crippen molar-refractivity contribution in [3.05, 3.63) is 12.3 Å². The molecule has 1 saturated heterocycles. The maximum absolute atomic E-state index is 11.8. The Morgan fingerprint density at radius 2 is 2.25 bits per heavy atom. The second-order valence-corrected chi connectivity index (χ2v) is 4.72. The van der Waals surface area contributed by atoms with Gasteiger partial charge in [0, 0.05) is 6.07 Å². The first-order valence-electron chi connectivity index (χ1n) is 5.72. The topological polar surface area (TPSA) is 55.1 Å². The number of nitrogens with zero attached hydrogens (tertiary/aromatic N) is 2. The molecule has 88 valence electrons. The van der Waals surface area contributed by atoms with Crippen molar-refractivity contribution in [1.29, 1.82) is 0 Å². The lowest BCUT2D eigenvalue weighted by molar-refractivity contribution is -0.906. The molecule has 0 radical (unpaired) electrons. The molecule has 5 nitrogen and oxygen atoms in total. The Morgan fingerprint density at radius 3 is 2.88 bits per heavy atom. The van der Waals surface area contributed by atoms with Crippen LogP contribution in [0.5, 0.6) is 0 Å². The van der Waals surface area contributed by atoms with E-state index >= 15 is 0 Å². The predicted octanol–water partition coefficient (Wildman–Crippen LogP) is 1.24. The highest BCUT2D eigenvalue weighted by molar-refractivity contribution is 5.90. The lowest BCUT2D eigenvalue weighted by Crippen LogP contribution is -2.52. The fourth-order valence-corrected chi connectivity index (χ4v) is 2.24. The van der Waals surface area contributed by atoms with Crippen LogP contribution in [0, 0.1) is 0 Å². The zero-order chi connectivity index (χ0) is 11.4. The Kier molecular flexibility index (Phi) is 3.24. The summed E-state index contributed by atoms with van der Waals surface area (Å²) >= 11 is 0. The molecule has 5 heteroatoms. The number of carbonyl (C=O) groups excluding carboxylic acids is 1. The fraction of sp³-hybridized carbons (Fsp3) is 0.636. The van der Waals surface area contributed by atoms with Crippen molar-refractivity contribution in [1.82, 2.24) is 5.16 Å². The Morgan fingerprint density at radius 1 is 1.50 bits per heavy atom. The largest absolute Gasteiger partial charge is 0.363 e. The van der Waals surface area contributed by atoms with Crippen molar-refractivity contribution in [2.24, 2.45) is 0 Å². The highest BCUT2D eigenvalue weighted by Crippen LogP contribution is 2.16. The molecule has 1 aromatic rings. The standard InChI is InChI=1S/C11H17N3O2/c1-14(6-3-2-4-7-14)9-11(15)12-10-5-8-16-13-10/h5,8H,2-4,6-7,9H2,1H3/p+1. The van der Waals surface area contributed by atoms with Gasteiger partial charge in [-0.05, 0) is 19.3 Å². The molecule has 1 aromatic heterocycles. The van der Waals surface area contributed by atoms with Gasteiger partial charge in [0.15, 0.2) is 12.4 Å². The summed E-state index contributed by atoms with van der Waals surface area (Å²) in [5.41, 5.74) is 0. The van der Waals surface area contributed by atoms with E-state index in [9.17, 15) is 4.79 Å². The number of nitrogens with one attached hydrogen (secondary N) is 1. The zero-order valence-electron chi connectivity index (χ0n) is 9.61. The van der Waals surface area contributed by atoms with Gasteiger partial charge >= 0.3 is 0 Å². The van der Waals surface area contributed by atoms with Gasteiger partial charge in [-0.3, -0.25) is 4.79 Å². The number of likely N-dealkylation sites (tertiary alicyclic amines) is 1. The first-order valence-corrected chi connectivity index (χ1v) is 5.72. The number of hydrogen-bond donors (Lipinski definition) is 1. The molecule has 0 atom stereocenters. The zero-order valence-corrected chi connectivity index (χ0v) is 9.61. The summed E-state index contributed by atoms with van der Waals surface area (Å²) in [7, 11) is 2.14. The first-order chi connectivity index (χ1) is 7.68. The SMILES string of the molecule is C[N+]1(CC(=O)Nc2ccon2)CCCCC1. The van der Waals surface area contributed by atoms with Gasteiger partial charge in [-0.15, -0.1) is 0 Å².